The molecule has 2 aliphatic rings. The Labute approximate surface area is 211 Å². The van der Waals surface area contributed by atoms with Crippen LogP contribution in [0.5, 0.6) is 5.75 Å². The number of hydrogen-bond donors (Lipinski definition) is 2. The molecule has 0 saturated carbocycles. The van der Waals surface area contributed by atoms with Gasteiger partial charge >= 0.3 is 0 Å². The quantitative estimate of drug-likeness (QED) is 0.456. The van der Waals surface area contributed by atoms with E-state index in [1.807, 2.05) is 30.3 Å². The molecule has 0 radical (unpaired) electrons. The number of aliphatic hydroxyl groups is 2. The third-order valence-electron chi connectivity index (χ3n) is 6.92. The maximum Gasteiger partial charge on any atom is 0.119 e. The third-order valence-corrected chi connectivity index (χ3v) is 7.29. The molecule has 0 bridgehead atoms. The zero-order chi connectivity index (χ0) is 24.4. The summed E-state index contributed by atoms with van der Waals surface area (Å²) < 4.78 is 18.0. The number of halogens is 1. The molecule has 1 fully saturated rings. The Morgan fingerprint density at radius 2 is 1.89 bits per heavy atom. The van der Waals surface area contributed by atoms with Crippen LogP contribution in [0.15, 0.2) is 60.7 Å². The van der Waals surface area contributed by atoms with Crippen LogP contribution < -0.4 is 4.74 Å². The van der Waals surface area contributed by atoms with Crippen LogP contribution in [0, 0.1) is 6.92 Å². The van der Waals surface area contributed by atoms with E-state index in [1.54, 1.807) is 0 Å². The second-order valence-electron chi connectivity index (χ2n) is 9.48. The minimum absolute atomic E-state index is 0.0432. The van der Waals surface area contributed by atoms with Gasteiger partial charge in [0, 0.05) is 17.9 Å². The van der Waals surface area contributed by atoms with Crippen LogP contribution >= 0.6 is 11.6 Å². The molecule has 0 aromatic heterocycles. The lowest BCUT2D eigenvalue weighted by atomic mass is 9.94. The lowest BCUT2D eigenvalue weighted by molar-refractivity contribution is -0.113. The van der Waals surface area contributed by atoms with Crippen LogP contribution in [0.1, 0.15) is 58.4 Å². The van der Waals surface area contributed by atoms with E-state index in [1.165, 1.54) is 16.7 Å². The van der Waals surface area contributed by atoms with Crippen molar-refractivity contribution in [3.05, 3.63) is 99.1 Å². The molecule has 1 unspecified atom stereocenters. The Bertz CT molecular complexity index is 1160. The largest absolute Gasteiger partial charge is 0.491 e. The molecule has 35 heavy (non-hydrogen) atoms. The highest BCUT2D eigenvalue weighted by atomic mass is 35.5. The summed E-state index contributed by atoms with van der Waals surface area (Å²) in [6, 6.07) is 20.2. The molecule has 5 rings (SSSR count). The van der Waals surface area contributed by atoms with Gasteiger partial charge < -0.3 is 24.4 Å². The fourth-order valence-corrected chi connectivity index (χ4v) is 5.27. The normalized spacial score (nSPS) is 23.8. The maximum atomic E-state index is 10.2. The summed E-state index contributed by atoms with van der Waals surface area (Å²) in [6.45, 7) is 3.13. The maximum absolute atomic E-state index is 10.2. The molecule has 0 spiro atoms. The molecule has 6 heteroatoms. The predicted octanol–water partition coefficient (Wildman–Crippen LogP) is 5.46. The Balaban J connectivity index is 1.23. The van der Waals surface area contributed by atoms with Crippen molar-refractivity contribution < 1.29 is 24.4 Å². The highest BCUT2D eigenvalue weighted by Crippen LogP contribution is 2.35. The first-order valence-corrected chi connectivity index (χ1v) is 12.5. The number of rotatable bonds is 7. The molecule has 5 nitrogen and oxygen atoms in total. The molecule has 0 aliphatic carbocycles. The van der Waals surface area contributed by atoms with E-state index in [4.69, 9.17) is 25.8 Å². The molecule has 2 aliphatic heterocycles. The van der Waals surface area contributed by atoms with E-state index in [9.17, 15) is 10.2 Å². The topological polar surface area (TPSA) is 68.2 Å². The van der Waals surface area contributed by atoms with E-state index < -0.39 is 6.10 Å². The van der Waals surface area contributed by atoms with Crippen molar-refractivity contribution in [1.82, 2.24) is 0 Å². The van der Waals surface area contributed by atoms with Gasteiger partial charge in [0.25, 0.3) is 0 Å². The standard InChI is InChI=1S/C29H31ClO5/c1-18-3-2-4-21-16-34-28(29(18)21)17-33-24-8-5-19(6-9-24)11-22-12-20(7-10-26(22)30)27-14-23(32)13-25(15-31)35-27/h2-10,12,23,25,27-28,31-32H,11,13-17H2,1H3/t23-,25-,27+,28?/m0/s1. The lowest BCUT2D eigenvalue weighted by Crippen LogP contribution is -2.33. The van der Waals surface area contributed by atoms with Gasteiger partial charge in [-0.2, -0.15) is 0 Å². The Kier molecular flexibility index (Phi) is 7.42. The molecule has 1 saturated heterocycles. The number of fused-ring (bicyclic) bond motifs is 1. The number of aliphatic hydroxyl groups excluding tert-OH is 2. The average molecular weight is 495 g/mol. The fraction of sp³-hybridized carbons (Fsp3) is 0.379. The summed E-state index contributed by atoms with van der Waals surface area (Å²) in [5.74, 6) is 0.805. The van der Waals surface area contributed by atoms with Gasteiger partial charge in [-0.1, -0.05) is 54.1 Å². The first kappa shape index (κ1) is 24.3. The number of ether oxygens (including phenoxy) is 3. The predicted molar refractivity (Wildman–Crippen MR) is 135 cm³/mol. The van der Waals surface area contributed by atoms with Gasteiger partial charge in [-0.15, -0.1) is 0 Å². The first-order valence-electron chi connectivity index (χ1n) is 12.1. The monoisotopic (exact) mass is 494 g/mol. The van der Waals surface area contributed by atoms with Crippen LogP contribution in [-0.4, -0.2) is 35.6 Å². The number of hydrogen-bond acceptors (Lipinski definition) is 5. The molecule has 2 heterocycles. The Morgan fingerprint density at radius 3 is 2.69 bits per heavy atom. The molecule has 3 aromatic carbocycles. The molecule has 184 valence electrons. The minimum atomic E-state index is -0.482. The molecular weight excluding hydrogens is 464 g/mol. The highest BCUT2D eigenvalue weighted by Gasteiger charge is 2.29. The van der Waals surface area contributed by atoms with Gasteiger partial charge in [0.2, 0.25) is 0 Å². The Morgan fingerprint density at radius 1 is 1.06 bits per heavy atom. The van der Waals surface area contributed by atoms with Crippen LogP contribution in [0.2, 0.25) is 5.02 Å². The average Bonchev–Trinajstić information content (AvgIpc) is 3.29. The van der Waals surface area contributed by atoms with Crippen LogP contribution in [0.25, 0.3) is 0 Å². The SMILES string of the molecule is Cc1cccc2c1C(COc1ccc(Cc3cc([C@H]4C[C@@H](O)C[C@@H](CO)O4)ccc3Cl)cc1)OC2. The van der Waals surface area contributed by atoms with Gasteiger partial charge in [-0.05, 0) is 64.9 Å². The van der Waals surface area contributed by atoms with E-state index in [2.05, 4.69) is 37.3 Å². The smallest absolute Gasteiger partial charge is 0.119 e. The van der Waals surface area contributed by atoms with Gasteiger partial charge in [0.15, 0.2) is 0 Å². The minimum Gasteiger partial charge on any atom is -0.491 e. The van der Waals surface area contributed by atoms with Crippen molar-refractivity contribution >= 4 is 11.6 Å². The zero-order valence-corrected chi connectivity index (χ0v) is 20.6. The highest BCUT2D eigenvalue weighted by molar-refractivity contribution is 6.31. The summed E-state index contributed by atoms with van der Waals surface area (Å²) in [6.07, 6.45) is 0.517. The second kappa shape index (κ2) is 10.7. The van der Waals surface area contributed by atoms with Crippen LogP contribution in [0.3, 0.4) is 0 Å². The Hall–Kier alpha value is -2.41. The fourth-order valence-electron chi connectivity index (χ4n) is 5.08. The summed E-state index contributed by atoms with van der Waals surface area (Å²) in [5.41, 5.74) is 6.81. The van der Waals surface area contributed by atoms with Crippen molar-refractivity contribution in [1.29, 1.82) is 0 Å². The van der Waals surface area contributed by atoms with E-state index in [-0.39, 0.29) is 24.9 Å². The van der Waals surface area contributed by atoms with Crippen LogP contribution in [-0.2, 0) is 22.5 Å². The summed E-state index contributed by atoms with van der Waals surface area (Å²) in [5, 5.41) is 20.3. The molecule has 2 N–H and O–H groups in total. The second-order valence-corrected chi connectivity index (χ2v) is 9.89. The lowest BCUT2D eigenvalue weighted by Gasteiger charge is -2.32. The zero-order valence-electron chi connectivity index (χ0n) is 19.8. The van der Waals surface area contributed by atoms with Crippen LogP contribution in [0.4, 0.5) is 0 Å². The number of aryl methyl sites for hydroxylation is 1. The summed E-state index contributed by atoms with van der Waals surface area (Å²) in [4.78, 5) is 0. The summed E-state index contributed by atoms with van der Waals surface area (Å²) >= 11 is 6.51. The van der Waals surface area contributed by atoms with Crippen molar-refractivity contribution in [2.24, 2.45) is 0 Å². The van der Waals surface area contributed by atoms with E-state index in [0.29, 0.717) is 37.5 Å². The van der Waals surface area contributed by atoms with Gasteiger partial charge in [0.05, 0.1) is 31.5 Å². The number of benzene rings is 3. The van der Waals surface area contributed by atoms with Gasteiger partial charge in [-0.25, -0.2) is 0 Å². The molecule has 4 atom stereocenters. The molecular formula is C29H31ClO5. The third kappa shape index (κ3) is 5.55. The molecule has 0 amide bonds. The van der Waals surface area contributed by atoms with Crippen molar-refractivity contribution in [2.45, 2.75) is 57.2 Å². The summed E-state index contributed by atoms with van der Waals surface area (Å²) in [7, 11) is 0. The van der Waals surface area contributed by atoms with Crippen molar-refractivity contribution in [3.8, 4) is 5.75 Å². The van der Waals surface area contributed by atoms with Gasteiger partial charge in [-0.3, -0.25) is 0 Å². The van der Waals surface area contributed by atoms with Gasteiger partial charge in [0.1, 0.15) is 18.5 Å². The molecule has 3 aromatic rings. The van der Waals surface area contributed by atoms with Crippen molar-refractivity contribution in [2.75, 3.05) is 13.2 Å². The van der Waals surface area contributed by atoms with E-state index in [0.717, 1.165) is 22.4 Å². The van der Waals surface area contributed by atoms with Crippen molar-refractivity contribution in [3.63, 3.8) is 0 Å². The first-order chi connectivity index (χ1) is 17.0. The van der Waals surface area contributed by atoms with E-state index >= 15 is 0 Å².